The van der Waals surface area contributed by atoms with Crippen LogP contribution in [-0.4, -0.2) is 16.6 Å². The minimum absolute atomic E-state index is 0.00733. The van der Waals surface area contributed by atoms with Crippen LogP contribution in [0.3, 0.4) is 0 Å². The van der Waals surface area contributed by atoms with Crippen LogP contribution in [0.4, 0.5) is 11.4 Å². The molecule has 1 aromatic carbocycles. The Balaban J connectivity index is 3.37. The van der Waals surface area contributed by atoms with Gasteiger partial charge in [0, 0.05) is 12.1 Å². The van der Waals surface area contributed by atoms with Crippen LogP contribution < -0.4 is 5.73 Å². The molecule has 5 nitrogen and oxygen atoms in total. The van der Waals surface area contributed by atoms with Crippen LogP contribution in [0.15, 0.2) is 12.1 Å². The fourth-order valence-corrected chi connectivity index (χ4v) is 1.37. The second-order valence-electron chi connectivity index (χ2n) is 2.70. The molecule has 80 valence electrons. The van der Waals surface area contributed by atoms with Gasteiger partial charge in [0.25, 0.3) is 5.69 Å². The minimum Gasteiger partial charge on any atom is -0.397 e. The number of carbonyl (C=O) groups excluding carboxylic acids is 1. The number of nitro benzene ring substituents is 1. The van der Waals surface area contributed by atoms with E-state index < -0.39 is 10.7 Å². The van der Waals surface area contributed by atoms with Crippen molar-refractivity contribution in [2.24, 2.45) is 0 Å². The van der Waals surface area contributed by atoms with E-state index >= 15 is 0 Å². The summed E-state index contributed by atoms with van der Waals surface area (Å²) in [6.45, 7) is 0. The maximum Gasteiger partial charge on any atom is 0.271 e. The van der Waals surface area contributed by atoms with Gasteiger partial charge in [0.15, 0.2) is 5.78 Å². The van der Waals surface area contributed by atoms with Crippen LogP contribution in [0.25, 0.3) is 0 Å². The lowest BCUT2D eigenvalue weighted by molar-refractivity contribution is -0.384. The highest BCUT2D eigenvalue weighted by molar-refractivity contribution is 6.36. The fourth-order valence-electron chi connectivity index (χ4n) is 1.01. The summed E-state index contributed by atoms with van der Waals surface area (Å²) in [5.41, 5.74) is 5.19. The minimum atomic E-state index is -0.656. The highest BCUT2D eigenvalue weighted by atomic mass is 35.5. The summed E-state index contributed by atoms with van der Waals surface area (Å²) >= 11 is 11.0. The molecule has 0 amide bonds. The van der Waals surface area contributed by atoms with E-state index in [1.165, 1.54) is 0 Å². The Morgan fingerprint density at radius 2 is 2.13 bits per heavy atom. The molecule has 0 heterocycles. The van der Waals surface area contributed by atoms with Crippen LogP contribution in [0, 0.1) is 10.1 Å². The van der Waals surface area contributed by atoms with Crippen LogP contribution in [-0.2, 0) is 0 Å². The van der Waals surface area contributed by atoms with Gasteiger partial charge in [0.05, 0.1) is 27.1 Å². The highest BCUT2D eigenvalue weighted by Crippen LogP contribution is 2.29. The van der Waals surface area contributed by atoms with Crippen molar-refractivity contribution in [3.63, 3.8) is 0 Å². The van der Waals surface area contributed by atoms with E-state index in [4.69, 9.17) is 28.9 Å². The first-order valence-corrected chi connectivity index (χ1v) is 4.71. The number of hydrogen-bond donors (Lipinski definition) is 1. The smallest absolute Gasteiger partial charge is 0.271 e. The largest absolute Gasteiger partial charge is 0.397 e. The van der Waals surface area contributed by atoms with E-state index in [1.54, 1.807) is 0 Å². The van der Waals surface area contributed by atoms with Crippen molar-refractivity contribution in [3.05, 3.63) is 32.8 Å². The van der Waals surface area contributed by atoms with Gasteiger partial charge >= 0.3 is 0 Å². The van der Waals surface area contributed by atoms with Gasteiger partial charge in [-0.1, -0.05) is 11.6 Å². The summed E-state index contributed by atoms with van der Waals surface area (Å²) in [6, 6.07) is 2.15. The summed E-state index contributed by atoms with van der Waals surface area (Å²) in [6.07, 6.45) is 0. The number of halogens is 2. The van der Waals surface area contributed by atoms with Crippen LogP contribution in [0.1, 0.15) is 10.4 Å². The zero-order valence-corrected chi connectivity index (χ0v) is 8.88. The molecule has 1 rings (SSSR count). The van der Waals surface area contributed by atoms with Gasteiger partial charge in [-0.25, -0.2) is 0 Å². The molecule has 1 aromatic rings. The standard InChI is InChI=1S/C8H6Cl2N2O3/c9-3-7(13)5-1-4(12(14)15)2-6(10)8(5)11/h1-2H,3,11H2. The van der Waals surface area contributed by atoms with E-state index in [2.05, 4.69) is 0 Å². The molecule has 7 heteroatoms. The number of anilines is 1. The van der Waals surface area contributed by atoms with Crippen molar-refractivity contribution < 1.29 is 9.72 Å². The number of non-ortho nitro benzene ring substituents is 1. The molecule has 0 fully saturated rings. The fraction of sp³-hybridized carbons (Fsp3) is 0.125. The van der Waals surface area contributed by atoms with Crippen molar-refractivity contribution in [1.29, 1.82) is 0 Å². The SMILES string of the molecule is Nc1c(Cl)cc([N+](=O)[O-])cc1C(=O)CCl. The molecule has 0 bridgehead atoms. The molecule has 0 saturated carbocycles. The van der Waals surface area contributed by atoms with Gasteiger partial charge in [-0.15, -0.1) is 11.6 Å². The van der Waals surface area contributed by atoms with Gasteiger partial charge < -0.3 is 5.73 Å². The molecular weight excluding hydrogens is 243 g/mol. The molecule has 0 saturated heterocycles. The maximum atomic E-state index is 11.3. The Hall–Kier alpha value is -1.33. The van der Waals surface area contributed by atoms with Gasteiger partial charge in [-0.3, -0.25) is 14.9 Å². The second-order valence-corrected chi connectivity index (χ2v) is 3.38. The number of nitro groups is 1. The van der Waals surface area contributed by atoms with E-state index in [1.807, 2.05) is 0 Å². The summed E-state index contributed by atoms with van der Waals surface area (Å²) < 4.78 is 0. The van der Waals surface area contributed by atoms with Crippen molar-refractivity contribution in [1.82, 2.24) is 0 Å². The third-order valence-corrected chi connectivity index (χ3v) is 2.30. The number of nitrogen functional groups attached to an aromatic ring is 1. The maximum absolute atomic E-state index is 11.3. The Kier molecular flexibility index (Phi) is 3.49. The van der Waals surface area contributed by atoms with Crippen LogP contribution in [0.2, 0.25) is 5.02 Å². The number of rotatable bonds is 3. The van der Waals surface area contributed by atoms with Gasteiger partial charge in [0.1, 0.15) is 0 Å². The summed E-state index contributed by atoms with van der Waals surface area (Å²) in [4.78, 5) is 21.1. The molecule has 0 atom stereocenters. The van der Waals surface area contributed by atoms with E-state index in [-0.39, 0.29) is 27.8 Å². The molecule has 0 spiro atoms. The number of benzene rings is 1. The number of nitrogens with two attached hydrogens (primary N) is 1. The lowest BCUT2D eigenvalue weighted by Gasteiger charge is -2.04. The lowest BCUT2D eigenvalue weighted by atomic mass is 10.1. The number of ketones is 1. The molecule has 0 aromatic heterocycles. The number of alkyl halides is 1. The lowest BCUT2D eigenvalue weighted by Crippen LogP contribution is -2.06. The van der Waals surface area contributed by atoms with Gasteiger partial charge in [-0.05, 0) is 0 Å². The predicted molar refractivity (Wildman–Crippen MR) is 57.6 cm³/mol. The monoisotopic (exact) mass is 248 g/mol. The normalized spacial score (nSPS) is 10.0. The van der Waals surface area contributed by atoms with Crippen molar-refractivity contribution in [2.45, 2.75) is 0 Å². The van der Waals surface area contributed by atoms with Crippen LogP contribution in [0.5, 0.6) is 0 Å². The first-order chi connectivity index (χ1) is 6.97. The highest BCUT2D eigenvalue weighted by Gasteiger charge is 2.17. The quantitative estimate of drug-likeness (QED) is 0.292. The first kappa shape index (κ1) is 11.7. The van der Waals surface area contributed by atoms with Gasteiger partial charge in [-0.2, -0.15) is 0 Å². The van der Waals surface area contributed by atoms with Crippen molar-refractivity contribution in [3.8, 4) is 0 Å². The predicted octanol–water partition coefficient (Wildman–Crippen LogP) is 2.25. The summed E-state index contributed by atoms with van der Waals surface area (Å²) in [5, 5.41) is 10.5. The zero-order valence-electron chi connectivity index (χ0n) is 7.37. The third-order valence-electron chi connectivity index (χ3n) is 1.75. The average Bonchev–Trinajstić information content (AvgIpc) is 2.20. The Bertz CT molecular complexity index is 434. The molecule has 0 aliphatic carbocycles. The second kappa shape index (κ2) is 4.46. The Labute approximate surface area is 94.9 Å². The first-order valence-electron chi connectivity index (χ1n) is 3.80. The van der Waals surface area contributed by atoms with E-state index in [9.17, 15) is 14.9 Å². The Morgan fingerprint density at radius 1 is 1.53 bits per heavy atom. The van der Waals surface area contributed by atoms with Gasteiger partial charge in [0.2, 0.25) is 0 Å². The third kappa shape index (κ3) is 2.37. The number of nitrogens with zero attached hydrogens (tertiary/aromatic N) is 1. The molecule has 15 heavy (non-hydrogen) atoms. The van der Waals surface area contributed by atoms with Crippen molar-refractivity contribution in [2.75, 3.05) is 11.6 Å². The van der Waals surface area contributed by atoms with Crippen LogP contribution >= 0.6 is 23.2 Å². The average molecular weight is 249 g/mol. The molecule has 0 aliphatic heterocycles. The van der Waals surface area contributed by atoms with E-state index in [0.29, 0.717) is 0 Å². The number of hydrogen-bond acceptors (Lipinski definition) is 4. The molecule has 0 unspecified atom stereocenters. The molecular formula is C8H6Cl2N2O3. The summed E-state index contributed by atoms with van der Waals surface area (Å²) in [5.74, 6) is -0.804. The van der Waals surface area contributed by atoms with Crippen molar-refractivity contribution >= 4 is 40.4 Å². The molecule has 0 aliphatic rings. The number of Topliss-reactive ketones (excluding diaryl/α,β-unsaturated/α-hetero) is 1. The molecule has 2 N–H and O–H groups in total. The summed E-state index contributed by atoms with van der Waals surface area (Å²) in [7, 11) is 0. The van der Waals surface area contributed by atoms with E-state index in [0.717, 1.165) is 12.1 Å². The Morgan fingerprint density at radius 3 is 2.60 bits per heavy atom. The number of carbonyl (C=O) groups is 1. The topological polar surface area (TPSA) is 86.2 Å². The molecule has 0 radical (unpaired) electrons. The zero-order chi connectivity index (χ0) is 11.6.